The van der Waals surface area contributed by atoms with Crippen LogP contribution in [0.15, 0.2) is 48.5 Å². The number of hydrogen-bond donors (Lipinski definition) is 2. The molecule has 32 heavy (non-hydrogen) atoms. The molecule has 2 aromatic rings. The molecule has 8 heteroatoms. The predicted octanol–water partition coefficient (Wildman–Crippen LogP) is 4.68. The molecular weight excluding hydrogens is 416 g/mol. The molecule has 0 fully saturated rings. The fourth-order valence-corrected chi connectivity index (χ4v) is 2.42. The first-order chi connectivity index (χ1) is 15.0. The van der Waals surface area contributed by atoms with Crippen molar-refractivity contribution < 1.29 is 38.9 Å². The van der Waals surface area contributed by atoms with Gasteiger partial charge in [0.1, 0.15) is 5.60 Å². The number of benzene rings is 2. The van der Waals surface area contributed by atoms with Crippen LogP contribution in [0.3, 0.4) is 0 Å². The number of aromatic carboxylic acids is 2. The van der Waals surface area contributed by atoms with Gasteiger partial charge < -0.3 is 19.7 Å². The van der Waals surface area contributed by atoms with Crippen molar-refractivity contribution >= 4 is 23.9 Å². The van der Waals surface area contributed by atoms with Crippen molar-refractivity contribution in [3.8, 4) is 0 Å². The molecule has 0 heterocycles. The van der Waals surface area contributed by atoms with Crippen LogP contribution < -0.4 is 0 Å². The van der Waals surface area contributed by atoms with Gasteiger partial charge in [-0.3, -0.25) is 0 Å². The van der Waals surface area contributed by atoms with Crippen LogP contribution in [-0.2, 0) is 9.47 Å². The van der Waals surface area contributed by atoms with Gasteiger partial charge in [0, 0.05) is 0 Å². The van der Waals surface area contributed by atoms with Crippen molar-refractivity contribution in [3.63, 3.8) is 0 Å². The van der Waals surface area contributed by atoms with Gasteiger partial charge in [0.15, 0.2) is 0 Å². The summed E-state index contributed by atoms with van der Waals surface area (Å²) >= 11 is 0. The number of carbonyl (C=O) groups excluding carboxylic acids is 2. The van der Waals surface area contributed by atoms with Crippen molar-refractivity contribution in [2.45, 2.75) is 46.1 Å². The molecule has 2 N–H and O–H groups in total. The maximum Gasteiger partial charge on any atom is 0.339 e. The summed E-state index contributed by atoms with van der Waals surface area (Å²) in [5.74, 6) is -3.46. The molecule has 0 aromatic heterocycles. The number of carbonyl (C=O) groups is 4. The first kappa shape index (κ1) is 26.4. The third-order valence-electron chi connectivity index (χ3n) is 3.88. The second kappa shape index (κ2) is 12.2. The van der Waals surface area contributed by atoms with Gasteiger partial charge in [-0.2, -0.15) is 0 Å². The second-order valence-electron chi connectivity index (χ2n) is 7.69. The zero-order valence-corrected chi connectivity index (χ0v) is 18.6. The zero-order chi connectivity index (χ0) is 24.3. The van der Waals surface area contributed by atoms with Gasteiger partial charge in [0.05, 0.1) is 28.9 Å². The summed E-state index contributed by atoms with van der Waals surface area (Å²) in [6.45, 7) is 7.50. The molecule has 0 unspecified atom stereocenters. The third kappa shape index (κ3) is 8.59. The Morgan fingerprint density at radius 3 is 1.53 bits per heavy atom. The highest BCUT2D eigenvalue weighted by molar-refractivity contribution is 6.03. The average molecular weight is 444 g/mol. The Morgan fingerprint density at radius 1 is 0.750 bits per heavy atom. The molecule has 0 atom stereocenters. The van der Waals surface area contributed by atoms with Crippen LogP contribution in [0.2, 0.25) is 0 Å². The Morgan fingerprint density at radius 2 is 1.16 bits per heavy atom. The molecule has 8 nitrogen and oxygen atoms in total. The van der Waals surface area contributed by atoms with E-state index in [2.05, 4.69) is 0 Å². The smallest absolute Gasteiger partial charge is 0.339 e. The fourth-order valence-electron chi connectivity index (χ4n) is 2.42. The normalized spacial score (nSPS) is 10.4. The Kier molecular flexibility index (Phi) is 10.1. The second-order valence-corrected chi connectivity index (χ2v) is 7.69. The number of rotatable bonds is 7. The number of carboxylic acids is 2. The van der Waals surface area contributed by atoms with Gasteiger partial charge in [0.25, 0.3) is 0 Å². The lowest BCUT2D eigenvalue weighted by molar-refractivity contribution is 0.00654. The maximum atomic E-state index is 11.7. The van der Waals surface area contributed by atoms with Crippen molar-refractivity contribution in [2.75, 3.05) is 6.61 Å². The number of carboxylic acid groups (broad SMARTS) is 2. The molecule has 172 valence electrons. The van der Waals surface area contributed by atoms with E-state index in [1.807, 2.05) is 6.92 Å². The molecule has 0 amide bonds. The SMILES string of the molecule is CC(C)(C)OC(=O)c1ccccc1C(=O)O.CCCCOC(=O)c1ccccc1C(=O)O. The van der Waals surface area contributed by atoms with Crippen molar-refractivity contribution in [2.24, 2.45) is 0 Å². The fraction of sp³-hybridized carbons (Fsp3) is 0.333. The highest BCUT2D eigenvalue weighted by Gasteiger charge is 2.22. The van der Waals surface area contributed by atoms with E-state index >= 15 is 0 Å². The first-order valence-corrected chi connectivity index (χ1v) is 10.0. The molecule has 0 spiro atoms. The minimum Gasteiger partial charge on any atom is -0.478 e. The summed E-state index contributed by atoms with van der Waals surface area (Å²) in [5.41, 5.74) is -0.528. The lowest BCUT2D eigenvalue weighted by Gasteiger charge is -2.19. The van der Waals surface area contributed by atoms with Crippen LogP contribution in [0.25, 0.3) is 0 Å². The Bertz CT molecular complexity index is 956. The predicted molar refractivity (Wildman–Crippen MR) is 117 cm³/mol. The van der Waals surface area contributed by atoms with Crippen molar-refractivity contribution in [3.05, 3.63) is 70.8 Å². The summed E-state index contributed by atoms with van der Waals surface area (Å²) in [6.07, 6.45) is 1.70. The van der Waals surface area contributed by atoms with Gasteiger partial charge in [-0.1, -0.05) is 37.6 Å². The first-order valence-electron chi connectivity index (χ1n) is 10.0. The van der Waals surface area contributed by atoms with Gasteiger partial charge in [0.2, 0.25) is 0 Å². The number of ether oxygens (including phenoxy) is 2. The van der Waals surface area contributed by atoms with Gasteiger partial charge in [-0.05, 0) is 51.5 Å². The highest BCUT2D eigenvalue weighted by atomic mass is 16.6. The maximum absolute atomic E-state index is 11.7. The van der Waals surface area contributed by atoms with Crippen LogP contribution in [0.1, 0.15) is 82.0 Å². The van der Waals surface area contributed by atoms with E-state index < -0.39 is 29.5 Å². The van der Waals surface area contributed by atoms with Gasteiger partial charge in [-0.25, -0.2) is 19.2 Å². The average Bonchev–Trinajstić information content (AvgIpc) is 2.73. The van der Waals surface area contributed by atoms with Crippen LogP contribution in [-0.4, -0.2) is 46.3 Å². The number of unbranched alkanes of at least 4 members (excludes halogenated alkanes) is 1. The largest absolute Gasteiger partial charge is 0.478 e. The topological polar surface area (TPSA) is 127 Å². The van der Waals surface area contributed by atoms with Gasteiger partial charge >= 0.3 is 23.9 Å². The molecule has 0 saturated heterocycles. The third-order valence-corrected chi connectivity index (χ3v) is 3.88. The summed E-state index contributed by atoms with van der Waals surface area (Å²) in [7, 11) is 0. The summed E-state index contributed by atoms with van der Waals surface area (Å²) in [5, 5.41) is 17.8. The molecule has 0 saturated carbocycles. The van der Waals surface area contributed by atoms with E-state index in [1.165, 1.54) is 24.3 Å². The van der Waals surface area contributed by atoms with Crippen molar-refractivity contribution in [1.29, 1.82) is 0 Å². The summed E-state index contributed by atoms with van der Waals surface area (Å²) in [4.78, 5) is 45.0. The minimum atomic E-state index is -1.14. The Balaban J connectivity index is 0.000000320. The molecular formula is C24H28O8. The molecule has 0 aliphatic rings. The number of esters is 2. The Hall–Kier alpha value is -3.68. The van der Waals surface area contributed by atoms with Crippen LogP contribution in [0.5, 0.6) is 0 Å². The standard InChI is InChI=1S/2C12H14O4/c1-12(2,3)16-11(15)9-7-5-4-6-8(9)10(13)14;1-2-3-8-16-12(15)10-7-5-4-6-9(10)11(13)14/h4-7H,1-3H3,(H,13,14);4-7H,2-3,8H2,1H3,(H,13,14). The number of hydrogen-bond acceptors (Lipinski definition) is 6. The quantitative estimate of drug-likeness (QED) is 0.465. The van der Waals surface area contributed by atoms with Crippen LogP contribution >= 0.6 is 0 Å². The van der Waals surface area contributed by atoms with Crippen LogP contribution in [0.4, 0.5) is 0 Å². The Labute approximate surface area is 186 Å². The molecule has 0 aliphatic heterocycles. The molecule has 0 bridgehead atoms. The van der Waals surface area contributed by atoms with Crippen LogP contribution in [0, 0.1) is 0 Å². The lowest BCUT2D eigenvalue weighted by Crippen LogP contribution is -2.25. The zero-order valence-electron chi connectivity index (χ0n) is 18.6. The van der Waals surface area contributed by atoms with E-state index in [0.717, 1.165) is 12.8 Å². The van der Waals surface area contributed by atoms with E-state index in [4.69, 9.17) is 19.7 Å². The monoisotopic (exact) mass is 444 g/mol. The van der Waals surface area contributed by atoms with E-state index in [-0.39, 0.29) is 22.3 Å². The molecule has 0 radical (unpaired) electrons. The molecule has 2 rings (SSSR count). The van der Waals surface area contributed by atoms with Gasteiger partial charge in [-0.15, -0.1) is 0 Å². The van der Waals surface area contributed by atoms with E-state index in [9.17, 15) is 19.2 Å². The summed E-state index contributed by atoms with van der Waals surface area (Å²) < 4.78 is 10.1. The molecule has 0 aliphatic carbocycles. The van der Waals surface area contributed by atoms with E-state index in [1.54, 1.807) is 45.0 Å². The van der Waals surface area contributed by atoms with Crippen molar-refractivity contribution in [1.82, 2.24) is 0 Å². The van der Waals surface area contributed by atoms with E-state index in [0.29, 0.717) is 6.61 Å². The lowest BCUT2D eigenvalue weighted by atomic mass is 10.1. The molecule has 2 aromatic carbocycles. The highest BCUT2D eigenvalue weighted by Crippen LogP contribution is 2.15. The summed E-state index contributed by atoms with van der Waals surface area (Å²) in [6, 6.07) is 12.0. The minimum absolute atomic E-state index is 0.0241.